The molecule has 0 aliphatic rings. The van der Waals surface area contributed by atoms with Crippen LogP contribution in [0.2, 0.25) is 0 Å². The first-order chi connectivity index (χ1) is 10.3. The maximum absolute atomic E-state index is 5.94. The number of rotatable bonds is 8. The zero-order chi connectivity index (χ0) is 14.9. The van der Waals surface area contributed by atoms with E-state index in [1.807, 2.05) is 37.4 Å². The third kappa shape index (κ3) is 5.21. The summed E-state index contributed by atoms with van der Waals surface area (Å²) < 4.78 is 11.6. The van der Waals surface area contributed by atoms with Crippen LogP contribution >= 0.6 is 0 Å². The van der Waals surface area contributed by atoms with Crippen LogP contribution in [0.25, 0.3) is 0 Å². The van der Waals surface area contributed by atoms with Crippen molar-refractivity contribution < 1.29 is 9.47 Å². The third-order valence-corrected chi connectivity index (χ3v) is 3.25. The Morgan fingerprint density at radius 1 is 0.952 bits per heavy atom. The van der Waals surface area contributed by atoms with Crippen LogP contribution in [0.3, 0.4) is 0 Å². The molecule has 0 fully saturated rings. The predicted molar refractivity (Wildman–Crippen MR) is 85.7 cm³/mol. The van der Waals surface area contributed by atoms with Crippen LogP contribution in [0.5, 0.6) is 5.75 Å². The van der Waals surface area contributed by atoms with Crippen molar-refractivity contribution in [2.75, 3.05) is 26.8 Å². The second-order valence-electron chi connectivity index (χ2n) is 4.99. The van der Waals surface area contributed by atoms with Gasteiger partial charge in [0, 0.05) is 6.54 Å². The van der Waals surface area contributed by atoms with Crippen LogP contribution in [0.4, 0.5) is 0 Å². The topological polar surface area (TPSA) is 30.5 Å². The zero-order valence-corrected chi connectivity index (χ0v) is 12.7. The Morgan fingerprint density at radius 2 is 1.67 bits per heavy atom. The number of nitrogens with one attached hydrogen (secondary N) is 1. The van der Waals surface area contributed by atoms with E-state index in [9.17, 15) is 0 Å². The Morgan fingerprint density at radius 3 is 2.33 bits per heavy atom. The molecule has 0 saturated heterocycles. The number of hydrogen-bond donors (Lipinski definition) is 1. The molecule has 0 aromatic heterocycles. The van der Waals surface area contributed by atoms with Crippen LogP contribution in [0.15, 0.2) is 54.6 Å². The van der Waals surface area contributed by atoms with Crippen molar-refractivity contribution in [2.45, 2.75) is 13.0 Å². The average Bonchev–Trinajstić information content (AvgIpc) is 2.52. The van der Waals surface area contributed by atoms with Crippen molar-refractivity contribution in [3.8, 4) is 5.75 Å². The van der Waals surface area contributed by atoms with Crippen molar-refractivity contribution in [2.24, 2.45) is 0 Å². The summed E-state index contributed by atoms with van der Waals surface area (Å²) in [5, 5.41) is 3.17. The fourth-order valence-electron chi connectivity index (χ4n) is 2.11. The van der Waals surface area contributed by atoms with E-state index in [1.54, 1.807) is 0 Å². The summed E-state index contributed by atoms with van der Waals surface area (Å²) in [4.78, 5) is 0. The van der Waals surface area contributed by atoms with E-state index in [0.29, 0.717) is 13.2 Å². The molecule has 21 heavy (non-hydrogen) atoms. The monoisotopic (exact) mass is 285 g/mol. The van der Waals surface area contributed by atoms with E-state index in [2.05, 4.69) is 36.5 Å². The van der Waals surface area contributed by atoms with Gasteiger partial charge in [0.05, 0.1) is 12.7 Å². The second-order valence-corrected chi connectivity index (χ2v) is 4.99. The molecule has 3 heteroatoms. The number of benzene rings is 2. The van der Waals surface area contributed by atoms with E-state index in [0.717, 1.165) is 12.3 Å². The predicted octanol–water partition coefficient (Wildman–Crippen LogP) is 3.35. The molecule has 0 bridgehead atoms. The smallest absolute Gasteiger partial charge is 0.119 e. The highest BCUT2D eigenvalue weighted by atomic mass is 16.5. The van der Waals surface area contributed by atoms with Gasteiger partial charge in [0.25, 0.3) is 0 Å². The highest BCUT2D eigenvalue weighted by molar-refractivity contribution is 5.23. The van der Waals surface area contributed by atoms with Gasteiger partial charge in [-0.05, 0) is 31.7 Å². The van der Waals surface area contributed by atoms with Crippen LogP contribution < -0.4 is 10.1 Å². The van der Waals surface area contributed by atoms with Gasteiger partial charge in [-0.15, -0.1) is 0 Å². The molecule has 0 heterocycles. The fourth-order valence-corrected chi connectivity index (χ4v) is 2.11. The van der Waals surface area contributed by atoms with Crippen molar-refractivity contribution in [3.05, 3.63) is 65.7 Å². The van der Waals surface area contributed by atoms with Gasteiger partial charge in [0.1, 0.15) is 12.4 Å². The van der Waals surface area contributed by atoms with E-state index in [-0.39, 0.29) is 6.10 Å². The van der Waals surface area contributed by atoms with Gasteiger partial charge in [-0.1, -0.05) is 48.0 Å². The Balaban J connectivity index is 1.81. The van der Waals surface area contributed by atoms with Gasteiger partial charge in [-0.25, -0.2) is 0 Å². The molecular weight excluding hydrogens is 262 g/mol. The Bertz CT molecular complexity index is 511. The van der Waals surface area contributed by atoms with E-state index < -0.39 is 0 Å². The normalized spacial score (nSPS) is 12.1. The van der Waals surface area contributed by atoms with E-state index in [4.69, 9.17) is 9.47 Å². The van der Waals surface area contributed by atoms with Gasteiger partial charge < -0.3 is 14.8 Å². The first-order valence-corrected chi connectivity index (χ1v) is 7.30. The summed E-state index contributed by atoms with van der Waals surface area (Å²) in [5.41, 5.74) is 2.45. The molecule has 1 unspecified atom stereocenters. The molecule has 0 aliphatic heterocycles. The van der Waals surface area contributed by atoms with Gasteiger partial charge >= 0.3 is 0 Å². The molecule has 3 nitrogen and oxygen atoms in total. The highest BCUT2D eigenvalue weighted by Gasteiger charge is 2.10. The van der Waals surface area contributed by atoms with Crippen molar-refractivity contribution in [1.29, 1.82) is 0 Å². The summed E-state index contributed by atoms with van der Waals surface area (Å²) in [5.74, 6) is 0.876. The van der Waals surface area contributed by atoms with Crippen molar-refractivity contribution in [3.63, 3.8) is 0 Å². The molecule has 112 valence electrons. The first kappa shape index (κ1) is 15.5. The molecule has 1 N–H and O–H groups in total. The van der Waals surface area contributed by atoms with Crippen molar-refractivity contribution in [1.82, 2.24) is 5.32 Å². The van der Waals surface area contributed by atoms with E-state index >= 15 is 0 Å². The Kier molecular flexibility index (Phi) is 6.25. The van der Waals surface area contributed by atoms with Crippen LogP contribution in [0, 0.1) is 6.92 Å². The van der Waals surface area contributed by atoms with E-state index in [1.165, 1.54) is 11.1 Å². The van der Waals surface area contributed by atoms with Crippen LogP contribution in [-0.4, -0.2) is 26.8 Å². The second kappa shape index (κ2) is 8.45. The molecule has 0 radical (unpaired) electrons. The maximum atomic E-state index is 5.94. The van der Waals surface area contributed by atoms with Crippen LogP contribution in [-0.2, 0) is 4.74 Å². The number of ether oxygens (including phenoxy) is 2. The molecule has 0 spiro atoms. The lowest BCUT2D eigenvalue weighted by molar-refractivity contribution is 0.0341. The molecule has 2 rings (SSSR count). The van der Waals surface area contributed by atoms with Gasteiger partial charge in [0.2, 0.25) is 0 Å². The number of para-hydroxylation sites is 1. The first-order valence-electron chi connectivity index (χ1n) is 7.30. The minimum Gasteiger partial charge on any atom is -0.491 e. The summed E-state index contributed by atoms with van der Waals surface area (Å²) in [6.45, 7) is 3.99. The SMILES string of the molecule is CNCC(OCCOc1ccccc1)c1ccc(C)cc1. The third-order valence-electron chi connectivity index (χ3n) is 3.25. The lowest BCUT2D eigenvalue weighted by Gasteiger charge is -2.18. The van der Waals surface area contributed by atoms with Gasteiger partial charge in [-0.2, -0.15) is 0 Å². The summed E-state index contributed by atoms with van der Waals surface area (Å²) >= 11 is 0. The zero-order valence-electron chi connectivity index (χ0n) is 12.7. The molecule has 1 atom stereocenters. The highest BCUT2D eigenvalue weighted by Crippen LogP contribution is 2.17. The fraction of sp³-hybridized carbons (Fsp3) is 0.333. The molecule has 0 aliphatic carbocycles. The number of aryl methyl sites for hydroxylation is 1. The molecule has 0 saturated carbocycles. The summed E-state index contributed by atoms with van der Waals surface area (Å²) in [6, 6.07) is 18.3. The summed E-state index contributed by atoms with van der Waals surface area (Å²) in [7, 11) is 1.94. The quantitative estimate of drug-likeness (QED) is 0.755. The molecule has 2 aromatic carbocycles. The average molecular weight is 285 g/mol. The standard InChI is InChI=1S/C18H23NO2/c1-15-8-10-16(11-9-15)18(14-19-2)21-13-12-20-17-6-4-3-5-7-17/h3-11,18-19H,12-14H2,1-2H3. The maximum Gasteiger partial charge on any atom is 0.119 e. The number of hydrogen-bond acceptors (Lipinski definition) is 3. The number of likely N-dealkylation sites (N-methyl/N-ethyl adjacent to an activating group) is 1. The van der Waals surface area contributed by atoms with Crippen LogP contribution in [0.1, 0.15) is 17.2 Å². The van der Waals surface area contributed by atoms with Gasteiger partial charge in [-0.3, -0.25) is 0 Å². The Labute approximate surface area is 126 Å². The summed E-state index contributed by atoms with van der Waals surface area (Å²) in [6.07, 6.45) is 0.0509. The molecule has 2 aromatic rings. The lowest BCUT2D eigenvalue weighted by atomic mass is 10.1. The largest absolute Gasteiger partial charge is 0.491 e. The minimum absolute atomic E-state index is 0.0509. The van der Waals surface area contributed by atoms with Crippen molar-refractivity contribution >= 4 is 0 Å². The molecular formula is C18H23NO2. The Hall–Kier alpha value is -1.84. The lowest BCUT2D eigenvalue weighted by Crippen LogP contribution is -2.21. The van der Waals surface area contributed by atoms with Gasteiger partial charge in [0.15, 0.2) is 0 Å². The minimum atomic E-state index is 0.0509. The molecule has 0 amide bonds.